The molecule has 70 valence electrons. The van der Waals surface area contributed by atoms with Crippen LogP contribution in [-0.2, 0) is 0 Å². The van der Waals surface area contributed by atoms with Gasteiger partial charge in [-0.1, -0.05) is 0 Å². The van der Waals surface area contributed by atoms with E-state index in [0.29, 0.717) is 0 Å². The molecule has 2 heteroatoms. The third-order valence-electron chi connectivity index (χ3n) is 2.90. The first-order valence-electron chi connectivity index (χ1n) is 4.95. The van der Waals surface area contributed by atoms with E-state index in [1.165, 1.54) is 31.5 Å². The molecular formula is C11H16N2. The van der Waals surface area contributed by atoms with Gasteiger partial charge in [-0.15, -0.1) is 0 Å². The number of hydrogen-bond donors (Lipinski definition) is 0. The topological polar surface area (TPSA) is 16.1 Å². The van der Waals surface area contributed by atoms with Crippen molar-refractivity contribution in [3.8, 4) is 0 Å². The Labute approximate surface area is 79.6 Å². The molecule has 0 radical (unpaired) electrons. The number of piperidine rings is 1. The second-order valence-electron chi connectivity index (χ2n) is 3.86. The molecule has 1 aliphatic rings. The Morgan fingerprint density at radius 1 is 1.23 bits per heavy atom. The molecule has 0 N–H and O–H groups in total. The van der Waals surface area contributed by atoms with Crippen LogP contribution >= 0.6 is 0 Å². The molecule has 2 heterocycles. The van der Waals surface area contributed by atoms with E-state index in [9.17, 15) is 0 Å². The molecule has 1 saturated heterocycles. The first kappa shape index (κ1) is 8.70. The van der Waals surface area contributed by atoms with Gasteiger partial charge >= 0.3 is 0 Å². The zero-order valence-electron chi connectivity index (χ0n) is 8.11. The van der Waals surface area contributed by atoms with Gasteiger partial charge in [0.2, 0.25) is 0 Å². The van der Waals surface area contributed by atoms with Crippen LogP contribution in [0.4, 0.5) is 0 Å². The lowest BCUT2D eigenvalue weighted by atomic mass is 9.90. The number of pyridine rings is 1. The Hall–Kier alpha value is -0.890. The summed E-state index contributed by atoms with van der Waals surface area (Å²) >= 11 is 0. The van der Waals surface area contributed by atoms with Crippen LogP contribution < -0.4 is 0 Å². The summed E-state index contributed by atoms with van der Waals surface area (Å²) in [6.07, 6.45) is 6.38. The number of likely N-dealkylation sites (tertiary alicyclic amines) is 1. The van der Waals surface area contributed by atoms with Crippen LogP contribution in [0.3, 0.4) is 0 Å². The molecular weight excluding hydrogens is 160 g/mol. The quantitative estimate of drug-likeness (QED) is 0.649. The van der Waals surface area contributed by atoms with E-state index in [4.69, 9.17) is 0 Å². The van der Waals surface area contributed by atoms with E-state index in [1.807, 2.05) is 12.4 Å². The minimum atomic E-state index is 0.763. The molecule has 2 nitrogen and oxygen atoms in total. The zero-order chi connectivity index (χ0) is 9.10. The Balaban J connectivity index is 2.03. The predicted octanol–water partition coefficient (Wildman–Crippen LogP) is 1.89. The Morgan fingerprint density at radius 3 is 2.46 bits per heavy atom. The number of nitrogens with zero attached hydrogens (tertiary/aromatic N) is 2. The summed E-state index contributed by atoms with van der Waals surface area (Å²) in [4.78, 5) is 6.45. The third-order valence-corrected chi connectivity index (χ3v) is 2.90. The minimum absolute atomic E-state index is 0.763. The van der Waals surface area contributed by atoms with Crippen molar-refractivity contribution >= 4 is 0 Å². The van der Waals surface area contributed by atoms with Gasteiger partial charge in [0.1, 0.15) is 0 Å². The molecule has 1 aromatic rings. The lowest BCUT2D eigenvalue weighted by molar-refractivity contribution is 0.255. The SMILES string of the molecule is CN1CCC(c2ccncc2)CC1. The lowest BCUT2D eigenvalue weighted by Gasteiger charge is -2.28. The van der Waals surface area contributed by atoms with E-state index < -0.39 is 0 Å². The van der Waals surface area contributed by atoms with Gasteiger partial charge < -0.3 is 4.90 Å². The van der Waals surface area contributed by atoms with Crippen LogP contribution in [0.25, 0.3) is 0 Å². The van der Waals surface area contributed by atoms with Gasteiger partial charge in [0.15, 0.2) is 0 Å². The monoisotopic (exact) mass is 176 g/mol. The average molecular weight is 176 g/mol. The summed E-state index contributed by atoms with van der Waals surface area (Å²) in [6.45, 7) is 2.46. The van der Waals surface area contributed by atoms with E-state index >= 15 is 0 Å². The van der Waals surface area contributed by atoms with Gasteiger partial charge in [0, 0.05) is 12.4 Å². The van der Waals surface area contributed by atoms with Crippen molar-refractivity contribution in [3.63, 3.8) is 0 Å². The average Bonchev–Trinajstić information content (AvgIpc) is 2.20. The van der Waals surface area contributed by atoms with Gasteiger partial charge in [-0.25, -0.2) is 0 Å². The van der Waals surface area contributed by atoms with Crippen LogP contribution in [0, 0.1) is 0 Å². The standard InChI is InChI=1S/C11H16N2/c1-13-8-4-11(5-9-13)10-2-6-12-7-3-10/h2-3,6-7,11H,4-5,8-9H2,1H3. The molecule has 1 aliphatic heterocycles. The summed E-state index contributed by atoms with van der Waals surface area (Å²) < 4.78 is 0. The zero-order valence-corrected chi connectivity index (χ0v) is 8.11. The van der Waals surface area contributed by atoms with Crippen LogP contribution in [0.15, 0.2) is 24.5 Å². The molecule has 0 bridgehead atoms. The molecule has 0 unspecified atom stereocenters. The second kappa shape index (κ2) is 3.88. The number of hydrogen-bond acceptors (Lipinski definition) is 2. The molecule has 13 heavy (non-hydrogen) atoms. The van der Waals surface area contributed by atoms with Crippen molar-refractivity contribution in [1.82, 2.24) is 9.88 Å². The molecule has 0 aromatic carbocycles. The van der Waals surface area contributed by atoms with E-state index in [0.717, 1.165) is 5.92 Å². The third kappa shape index (κ3) is 2.07. The highest BCUT2D eigenvalue weighted by Crippen LogP contribution is 2.26. The summed E-state index contributed by atoms with van der Waals surface area (Å²) in [5.41, 5.74) is 1.46. The summed E-state index contributed by atoms with van der Waals surface area (Å²) in [6, 6.07) is 4.30. The lowest BCUT2D eigenvalue weighted by Crippen LogP contribution is -2.29. The highest BCUT2D eigenvalue weighted by atomic mass is 15.1. The van der Waals surface area contributed by atoms with Crippen molar-refractivity contribution in [3.05, 3.63) is 30.1 Å². The number of rotatable bonds is 1. The Kier molecular flexibility index (Phi) is 2.60. The highest BCUT2D eigenvalue weighted by molar-refractivity contribution is 5.16. The minimum Gasteiger partial charge on any atom is -0.306 e. The largest absolute Gasteiger partial charge is 0.306 e. The highest BCUT2D eigenvalue weighted by Gasteiger charge is 2.17. The maximum atomic E-state index is 4.04. The van der Waals surface area contributed by atoms with E-state index in [-0.39, 0.29) is 0 Å². The van der Waals surface area contributed by atoms with Crippen molar-refractivity contribution < 1.29 is 0 Å². The van der Waals surface area contributed by atoms with Crippen LogP contribution in [-0.4, -0.2) is 30.0 Å². The Bertz CT molecular complexity index is 250. The second-order valence-corrected chi connectivity index (χ2v) is 3.86. The fourth-order valence-electron chi connectivity index (χ4n) is 1.98. The normalized spacial score (nSPS) is 20.4. The molecule has 0 saturated carbocycles. The molecule has 0 atom stereocenters. The Morgan fingerprint density at radius 2 is 1.85 bits per heavy atom. The summed E-state index contributed by atoms with van der Waals surface area (Å²) in [5.74, 6) is 0.763. The molecule has 0 aliphatic carbocycles. The van der Waals surface area contributed by atoms with Crippen LogP contribution in [0.5, 0.6) is 0 Å². The maximum Gasteiger partial charge on any atom is 0.0270 e. The smallest absolute Gasteiger partial charge is 0.0270 e. The van der Waals surface area contributed by atoms with Gasteiger partial charge in [0.05, 0.1) is 0 Å². The van der Waals surface area contributed by atoms with Crippen molar-refractivity contribution in [2.24, 2.45) is 0 Å². The van der Waals surface area contributed by atoms with Gasteiger partial charge in [-0.05, 0) is 56.6 Å². The summed E-state index contributed by atoms with van der Waals surface area (Å²) in [5, 5.41) is 0. The molecule has 0 amide bonds. The van der Waals surface area contributed by atoms with E-state index in [1.54, 1.807) is 0 Å². The molecule has 0 spiro atoms. The van der Waals surface area contributed by atoms with Gasteiger partial charge in [-0.2, -0.15) is 0 Å². The van der Waals surface area contributed by atoms with Crippen molar-refractivity contribution in [2.75, 3.05) is 20.1 Å². The first-order valence-corrected chi connectivity index (χ1v) is 4.95. The van der Waals surface area contributed by atoms with Crippen molar-refractivity contribution in [2.45, 2.75) is 18.8 Å². The predicted molar refractivity (Wildman–Crippen MR) is 53.7 cm³/mol. The molecule has 2 rings (SSSR count). The molecule has 1 aromatic heterocycles. The van der Waals surface area contributed by atoms with E-state index in [2.05, 4.69) is 29.1 Å². The fourth-order valence-corrected chi connectivity index (χ4v) is 1.98. The summed E-state index contributed by atoms with van der Waals surface area (Å²) in [7, 11) is 2.20. The van der Waals surface area contributed by atoms with Crippen LogP contribution in [0.2, 0.25) is 0 Å². The first-order chi connectivity index (χ1) is 6.36. The van der Waals surface area contributed by atoms with Gasteiger partial charge in [-0.3, -0.25) is 4.98 Å². The fraction of sp³-hybridized carbons (Fsp3) is 0.545. The molecule has 1 fully saturated rings. The van der Waals surface area contributed by atoms with Crippen LogP contribution in [0.1, 0.15) is 24.3 Å². The van der Waals surface area contributed by atoms with Gasteiger partial charge in [0.25, 0.3) is 0 Å². The van der Waals surface area contributed by atoms with Crippen molar-refractivity contribution in [1.29, 1.82) is 0 Å². The number of aromatic nitrogens is 1. The maximum absolute atomic E-state index is 4.04.